The maximum atomic E-state index is 12.9. The fraction of sp³-hybridized carbons (Fsp3) is 0.696. The first-order chi connectivity index (χ1) is 37.0. The minimum absolute atomic E-state index is 0.0795. The molecule has 0 saturated heterocycles. The van der Waals surface area contributed by atoms with Crippen LogP contribution in [-0.2, 0) is 28.6 Å². The highest BCUT2D eigenvalue weighted by Gasteiger charge is 2.19. The summed E-state index contributed by atoms with van der Waals surface area (Å²) in [4.78, 5) is 38.1. The van der Waals surface area contributed by atoms with E-state index in [0.717, 1.165) is 116 Å². The van der Waals surface area contributed by atoms with Gasteiger partial charge in [-0.25, -0.2) is 0 Å². The van der Waals surface area contributed by atoms with Crippen molar-refractivity contribution in [2.75, 3.05) is 13.2 Å². The quantitative estimate of drug-likeness (QED) is 0.0261. The van der Waals surface area contributed by atoms with Crippen LogP contribution >= 0.6 is 0 Å². The third kappa shape index (κ3) is 60.8. The number of carbonyl (C=O) groups excluding carboxylic acids is 3. The van der Waals surface area contributed by atoms with Crippen molar-refractivity contribution in [3.63, 3.8) is 0 Å². The molecule has 0 aromatic rings. The number of allylic oxidation sites excluding steroid dienone is 18. The molecule has 1 atom stereocenters. The van der Waals surface area contributed by atoms with Crippen LogP contribution in [0.25, 0.3) is 0 Å². The molecule has 0 spiro atoms. The fourth-order valence-electron chi connectivity index (χ4n) is 8.64. The van der Waals surface area contributed by atoms with Gasteiger partial charge in [-0.1, -0.05) is 278 Å². The molecule has 0 radical (unpaired) electrons. The smallest absolute Gasteiger partial charge is 0.306 e. The molecule has 0 fully saturated rings. The zero-order chi connectivity index (χ0) is 54.3. The predicted molar refractivity (Wildman–Crippen MR) is 325 cm³/mol. The molecule has 0 aromatic heterocycles. The summed E-state index contributed by atoms with van der Waals surface area (Å²) >= 11 is 0. The Hall–Kier alpha value is -3.93. The second kappa shape index (κ2) is 62.6. The van der Waals surface area contributed by atoms with Gasteiger partial charge in [0.1, 0.15) is 13.2 Å². The Balaban J connectivity index is 4.16. The first-order valence-electron chi connectivity index (χ1n) is 31.4. The van der Waals surface area contributed by atoms with Crippen molar-refractivity contribution in [2.45, 2.75) is 297 Å². The van der Waals surface area contributed by atoms with Crippen LogP contribution in [0.4, 0.5) is 0 Å². The molecule has 1 unspecified atom stereocenters. The minimum atomic E-state index is -0.780. The van der Waals surface area contributed by atoms with E-state index in [1.54, 1.807) is 0 Å². The Morgan fingerprint density at radius 1 is 0.280 bits per heavy atom. The van der Waals surface area contributed by atoms with E-state index in [0.29, 0.717) is 19.3 Å². The highest BCUT2D eigenvalue weighted by molar-refractivity contribution is 5.71. The summed E-state index contributed by atoms with van der Waals surface area (Å²) in [5.74, 6) is -0.888. The highest BCUT2D eigenvalue weighted by Crippen LogP contribution is 2.16. The lowest BCUT2D eigenvalue weighted by Crippen LogP contribution is -2.30. The molecule has 6 nitrogen and oxygen atoms in total. The average molecular weight is 1040 g/mol. The highest BCUT2D eigenvalue weighted by atomic mass is 16.6. The van der Waals surface area contributed by atoms with Crippen LogP contribution in [0.5, 0.6) is 0 Å². The first-order valence-corrected chi connectivity index (χ1v) is 31.4. The standard InChI is InChI=1S/C69H116O6/c1-4-7-10-13-16-18-20-22-24-26-28-30-32-33-34-35-37-38-40-42-44-46-48-50-53-56-59-62-68(71)74-65-66(64-73-67(70)61-58-55-52-15-12-9-6-3)75-69(72)63-60-57-54-51-49-47-45-43-41-39-36-31-29-27-25-23-21-19-17-14-11-8-5-2/h7-8,10-11,16-19,22-25,28-31,33-34,66H,4-6,9,12-15,20-21,26-27,32,35-65H2,1-3H3/b10-7-,11-8-,18-16-,19-17-,24-22-,25-23-,30-28-,31-29-,34-33-. The van der Waals surface area contributed by atoms with E-state index in [1.807, 2.05) is 0 Å². The van der Waals surface area contributed by atoms with Gasteiger partial charge in [-0.3, -0.25) is 14.4 Å². The molecule has 0 aliphatic carbocycles. The van der Waals surface area contributed by atoms with Gasteiger partial charge >= 0.3 is 17.9 Å². The van der Waals surface area contributed by atoms with E-state index in [2.05, 4.69) is 130 Å². The Morgan fingerprint density at radius 2 is 0.520 bits per heavy atom. The zero-order valence-electron chi connectivity index (χ0n) is 49.0. The molecule has 0 rings (SSSR count). The summed E-state index contributed by atoms with van der Waals surface area (Å²) in [6.45, 7) is 6.38. The normalized spacial score (nSPS) is 12.8. The molecule has 428 valence electrons. The number of esters is 3. The van der Waals surface area contributed by atoms with Crippen LogP contribution in [0, 0.1) is 0 Å². The van der Waals surface area contributed by atoms with E-state index in [1.165, 1.54) is 135 Å². The van der Waals surface area contributed by atoms with Gasteiger partial charge in [0.05, 0.1) is 0 Å². The van der Waals surface area contributed by atoms with Crippen LogP contribution in [0.15, 0.2) is 109 Å². The number of unbranched alkanes of at least 4 members (excludes halogenated alkanes) is 27. The summed E-state index contributed by atoms with van der Waals surface area (Å²) in [5.41, 5.74) is 0. The van der Waals surface area contributed by atoms with Gasteiger partial charge in [-0.2, -0.15) is 0 Å². The van der Waals surface area contributed by atoms with Crippen molar-refractivity contribution < 1.29 is 28.6 Å². The van der Waals surface area contributed by atoms with Gasteiger partial charge in [0.25, 0.3) is 0 Å². The number of hydrogen-bond donors (Lipinski definition) is 0. The molecule has 75 heavy (non-hydrogen) atoms. The van der Waals surface area contributed by atoms with Gasteiger partial charge in [-0.15, -0.1) is 0 Å². The summed E-state index contributed by atoms with van der Waals surface area (Å²) in [6.07, 6.45) is 85.4. The number of carbonyl (C=O) groups is 3. The number of hydrogen-bond acceptors (Lipinski definition) is 6. The predicted octanol–water partition coefficient (Wildman–Crippen LogP) is 21.4. The Kier molecular flexibility index (Phi) is 59.3. The summed E-state index contributed by atoms with van der Waals surface area (Å²) in [7, 11) is 0. The van der Waals surface area contributed by atoms with Crippen LogP contribution in [-0.4, -0.2) is 37.2 Å². The maximum absolute atomic E-state index is 12.9. The lowest BCUT2D eigenvalue weighted by Gasteiger charge is -2.18. The molecule has 0 aliphatic rings. The van der Waals surface area contributed by atoms with E-state index in [9.17, 15) is 14.4 Å². The van der Waals surface area contributed by atoms with Crippen LogP contribution < -0.4 is 0 Å². The molecule has 0 heterocycles. The van der Waals surface area contributed by atoms with Crippen molar-refractivity contribution >= 4 is 17.9 Å². The SMILES string of the molecule is CC/C=C\C/C=C\C/C=C\C/C=C\C/C=C\CCCCCCCCCCCCCC(=O)OCC(COC(=O)CCCCCCCCC)OC(=O)CCCCCCCCCCCC/C=C\C/C=C\C/C=C\C/C=C\CC. The average Bonchev–Trinajstić information content (AvgIpc) is 3.41. The molecule has 0 aliphatic heterocycles. The monoisotopic (exact) mass is 1040 g/mol. The second-order valence-electron chi connectivity index (χ2n) is 20.6. The van der Waals surface area contributed by atoms with Crippen molar-refractivity contribution in [3.05, 3.63) is 109 Å². The Morgan fingerprint density at radius 3 is 0.813 bits per heavy atom. The van der Waals surface area contributed by atoms with E-state index in [4.69, 9.17) is 14.2 Å². The molecule has 0 saturated carbocycles. The molecular formula is C69H116O6. The van der Waals surface area contributed by atoms with Gasteiger partial charge in [0.15, 0.2) is 6.10 Å². The zero-order valence-corrected chi connectivity index (χ0v) is 49.0. The topological polar surface area (TPSA) is 78.9 Å². The molecule has 0 amide bonds. The van der Waals surface area contributed by atoms with E-state index in [-0.39, 0.29) is 31.1 Å². The summed E-state index contributed by atoms with van der Waals surface area (Å²) in [5, 5.41) is 0. The molecule has 0 aromatic carbocycles. The van der Waals surface area contributed by atoms with Crippen LogP contribution in [0.3, 0.4) is 0 Å². The van der Waals surface area contributed by atoms with Gasteiger partial charge in [-0.05, 0) is 103 Å². The van der Waals surface area contributed by atoms with Crippen molar-refractivity contribution in [1.29, 1.82) is 0 Å². The van der Waals surface area contributed by atoms with Crippen LogP contribution in [0.2, 0.25) is 0 Å². The second-order valence-corrected chi connectivity index (χ2v) is 20.6. The minimum Gasteiger partial charge on any atom is -0.462 e. The third-order valence-electron chi connectivity index (χ3n) is 13.3. The van der Waals surface area contributed by atoms with Crippen molar-refractivity contribution in [3.8, 4) is 0 Å². The van der Waals surface area contributed by atoms with Crippen molar-refractivity contribution in [1.82, 2.24) is 0 Å². The maximum Gasteiger partial charge on any atom is 0.306 e. The Labute approximate surface area is 463 Å². The van der Waals surface area contributed by atoms with E-state index < -0.39 is 6.10 Å². The van der Waals surface area contributed by atoms with E-state index >= 15 is 0 Å². The summed E-state index contributed by atoms with van der Waals surface area (Å²) in [6, 6.07) is 0. The summed E-state index contributed by atoms with van der Waals surface area (Å²) < 4.78 is 16.8. The molecule has 0 N–H and O–H groups in total. The van der Waals surface area contributed by atoms with Crippen molar-refractivity contribution in [2.24, 2.45) is 0 Å². The van der Waals surface area contributed by atoms with Gasteiger partial charge in [0, 0.05) is 19.3 Å². The number of ether oxygens (including phenoxy) is 3. The third-order valence-corrected chi connectivity index (χ3v) is 13.3. The lowest BCUT2D eigenvalue weighted by atomic mass is 10.0. The Bertz CT molecular complexity index is 1520. The molecule has 6 heteroatoms. The first kappa shape index (κ1) is 71.1. The fourth-order valence-corrected chi connectivity index (χ4v) is 8.64. The molecular weight excluding hydrogens is 925 g/mol. The van der Waals surface area contributed by atoms with Crippen LogP contribution in [0.1, 0.15) is 290 Å². The largest absolute Gasteiger partial charge is 0.462 e. The van der Waals surface area contributed by atoms with Gasteiger partial charge < -0.3 is 14.2 Å². The molecule has 0 bridgehead atoms. The van der Waals surface area contributed by atoms with Gasteiger partial charge in [0.2, 0.25) is 0 Å². The lowest BCUT2D eigenvalue weighted by molar-refractivity contribution is -0.167. The number of rotatable bonds is 56.